The molecule has 0 aromatic heterocycles. The Bertz CT molecular complexity index is 981. The molecule has 0 aliphatic carbocycles. The van der Waals surface area contributed by atoms with Crippen molar-refractivity contribution in [3.63, 3.8) is 0 Å². The third kappa shape index (κ3) is 4.91. The number of carbonyl (C=O) groups excluding carboxylic acids is 1. The average Bonchev–Trinajstić information content (AvgIpc) is 3.04. The van der Waals surface area contributed by atoms with Crippen LogP contribution in [0.5, 0.6) is 0 Å². The molecule has 6 nitrogen and oxygen atoms in total. The van der Waals surface area contributed by atoms with Crippen LogP contribution in [-0.2, 0) is 27.8 Å². The number of benzene rings is 2. The van der Waals surface area contributed by atoms with Gasteiger partial charge in [0, 0.05) is 30.8 Å². The zero-order chi connectivity index (χ0) is 21.0. The molecule has 0 bridgehead atoms. The highest BCUT2D eigenvalue weighted by molar-refractivity contribution is 7.89. The summed E-state index contributed by atoms with van der Waals surface area (Å²) in [5.41, 5.74) is 3.32. The van der Waals surface area contributed by atoms with Gasteiger partial charge in [-0.3, -0.25) is 4.79 Å². The van der Waals surface area contributed by atoms with E-state index < -0.39 is 10.0 Å². The van der Waals surface area contributed by atoms with E-state index in [1.807, 2.05) is 6.07 Å². The van der Waals surface area contributed by atoms with Crippen LogP contribution in [0.2, 0.25) is 0 Å². The topological polar surface area (TPSA) is 70.9 Å². The monoisotopic (exact) mass is 428 g/mol. The molecule has 2 aliphatic rings. The number of quaternary nitrogens is 1. The first-order valence-electron chi connectivity index (χ1n) is 10.8. The SMILES string of the molecule is O=C(C[NH+]1CCc2ccccc2C1)Nc1ccc(S(=O)(=O)N2CCCCCC2)cc1. The predicted octanol–water partition coefficient (Wildman–Crippen LogP) is 1.83. The molecule has 0 saturated carbocycles. The standard InChI is InChI=1S/C23H29N3O3S/c27-23(18-25-16-13-19-7-3-4-8-20(19)17-25)24-21-9-11-22(12-10-21)30(28,29)26-14-5-1-2-6-15-26/h3-4,7-12H,1-2,5-6,13-18H2,(H,24,27)/p+1. The summed E-state index contributed by atoms with van der Waals surface area (Å²) in [6.45, 7) is 3.38. The molecule has 4 rings (SSSR count). The maximum atomic E-state index is 12.9. The molecule has 1 atom stereocenters. The van der Waals surface area contributed by atoms with Gasteiger partial charge in [0.05, 0.1) is 11.4 Å². The third-order valence-electron chi connectivity index (χ3n) is 6.06. The first-order valence-corrected chi connectivity index (χ1v) is 12.3. The molecule has 160 valence electrons. The molecule has 0 radical (unpaired) electrons. The zero-order valence-corrected chi connectivity index (χ0v) is 18.1. The van der Waals surface area contributed by atoms with Crippen molar-refractivity contribution in [3.8, 4) is 0 Å². The van der Waals surface area contributed by atoms with Gasteiger partial charge in [-0.05, 0) is 42.7 Å². The summed E-state index contributed by atoms with van der Waals surface area (Å²) in [7, 11) is -3.47. The summed E-state index contributed by atoms with van der Waals surface area (Å²) in [5.74, 6) is -0.0486. The van der Waals surface area contributed by atoms with Crippen LogP contribution >= 0.6 is 0 Å². The van der Waals surface area contributed by atoms with Crippen LogP contribution in [0, 0.1) is 0 Å². The summed E-state index contributed by atoms with van der Waals surface area (Å²) in [4.78, 5) is 14.0. The van der Waals surface area contributed by atoms with Crippen molar-refractivity contribution >= 4 is 21.6 Å². The molecule has 0 spiro atoms. The molecule has 2 N–H and O–H groups in total. The van der Waals surface area contributed by atoms with Crippen LogP contribution in [0.3, 0.4) is 0 Å². The highest BCUT2D eigenvalue weighted by Crippen LogP contribution is 2.21. The van der Waals surface area contributed by atoms with Crippen LogP contribution in [0.15, 0.2) is 53.4 Å². The fourth-order valence-corrected chi connectivity index (χ4v) is 5.88. The van der Waals surface area contributed by atoms with E-state index in [0.717, 1.165) is 45.2 Å². The lowest BCUT2D eigenvalue weighted by Gasteiger charge is -2.25. The molecular weight excluding hydrogens is 398 g/mol. The molecule has 1 amide bonds. The van der Waals surface area contributed by atoms with Gasteiger partial charge in [0.15, 0.2) is 6.54 Å². The number of nitrogens with zero attached hydrogens (tertiary/aromatic N) is 1. The fourth-order valence-electron chi connectivity index (χ4n) is 4.37. The van der Waals surface area contributed by atoms with E-state index in [4.69, 9.17) is 0 Å². The van der Waals surface area contributed by atoms with E-state index >= 15 is 0 Å². The molecule has 2 aliphatic heterocycles. The lowest BCUT2D eigenvalue weighted by molar-refractivity contribution is -0.907. The Kier molecular flexibility index (Phi) is 6.51. The van der Waals surface area contributed by atoms with Gasteiger partial charge in [-0.25, -0.2) is 8.42 Å². The number of hydrogen-bond donors (Lipinski definition) is 2. The van der Waals surface area contributed by atoms with Crippen LogP contribution in [0.25, 0.3) is 0 Å². The summed E-state index contributed by atoms with van der Waals surface area (Å²) in [5, 5.41) is 2.91. The second-order valence-electron chi connectivity index (χ2n) is 8.26. The quantitative estimate of drug-likeness (QED) is 0.763. The molecule has 1 unspecified atom stereocenters. The number of carbonyl (C=O) groups is 1. The van der Waals surface area contributed by atoms with Gasteiger partial charge < -0.3 is 10.2 Å². The number of fused-ring (bicyclic) bond motifs is 1. The summed E-state index contributed by atoms with van der Waals surface area (Å²) in [6, 6.07) is 15.0. The smallest absolute Gasteiger partial charge is 0.279 e. The van der Waals surface area contributed by atoms with Gasteiger partial charge in [0.25, 0.3) is 5.91 Å². The van der Waals surface area contributed by atoms with Crippen molar-refractivity contribution in [1.82, 2.24) is 4.31 Å². The molecular formula is C23H30N3O3S+. The van der Waals surface area contributed by atoms with Gasteiger partial charge in [-0.15, -0.1) is 0 Å². The molecule has 30 heavy (non-hydrogen) atoms. The van der Waals surface area contributed by atoms with Crippen molar-refractivity contribution in [1.29, 1.82) is 0 Å². The van der Waals surface area contributed by atoms with E-state index in [1.165, 1.54) is 16.0 Å². The summed E-state index contributed by atoms with van der Waals surface area (Å²) < 4.78 is 27.3. The van der Waals surface area contributed by atoms with E-state index in [1.54, 1.807) is 28.6 Å². The Morgan fingerprint density at radius 3 is 2.30 bits per heavy atom. The van der Waals surface area contributed by atoms with Gasteiger partial charge in [0.1, 0.15) is 6.54 Å². The number of sulfonamides is 1. The van der Waals surface area contributed by atoms with Crippen LogP contribution in [0.1, 0.15) is 36.8 Å². The zero-order valence-electron chi connectivity index (χ0n) is 17.3. The molecule has 1 saturated heterocycles. The Balaban J connectivity index is 1.35. The average molecular weight is 429 g/mol. The van der Waals surface area contributed by atoms with E-state index in [2.05, 4.69) is 23.5 Å². The minimum absolute atomic E-state index is 0.0486. The Morgan fingerprint density at radius 2 is 1.60 bits per heavy atom. The Hall–Kier alpha value is -2.22. The van der Waals surface area contributed by atoms with Crippen molar-refractivity contribution in [2.45, 2.75) is 43.5 Å². The maximum absolute atomic E-state index is 12.9. The minimum Gasteiger partial charge on any atom is -0.323 e. The van der Waals surface area contributed by atoms with Crippen LogP contribution in [-0.4, -0.2) is 44.8 Å². The second-order valence-corrected chi connectivity index (χ2v) is 10.2. The van der Waals surface area contributed by atoms with Gasteiger partial charge in [-0.1, -0.05) is 37.1 Å². The number of amides is 1. The summed E-state index contributed by atoms with van der Waals surface area (Å²) >= 11 is 0. The lowest BCUT2D eigenvalue weighted by Crippen LogP contribution is -3.12. The maximum Gasteiger partial charge on any atom is 0.279 e. The Labute approximate surface area is 178 Å². The van der Waals surface area contributed by atoms with E-state index in [0.29, 0.717) is 30.2 Å². The van der Waals surface area contributed by atoms with E-state index in [-0.39, 0.29) is 5.91 Å². The van der Waals surface area contributed by atoms with Crippen molar-refractivity contribution in [2.24, 2.45) is 0 Å². The van der Waals surface area contributed by atoms with Gasteiger partial charge in [-0.2, -0.15) is 4.31 Å². The first kappa shape index (κ1) is 21.0. The van der Waals surface area contributed by atoms with Gasteiger partial charge in [0.2, 0.25) is 10.0 Å². The number of nitrogens with one attached hydrogen (secondary N) is 2. The van der Waals surface area contributed by atoms with Crippen molar-refractivity contribution in [2.75, 3.05) is 31.5 Å². The number of hydrogen-bond acceptors (Lipinski definition) is 3. The normalized spacial score (nSPS) is 20.2. The minimum atomic E-state index is -3.47. The first-order chi connectivity index (χ1) is 14.5. The lowest BCUT2D eigenvalue weighted by atomic mass is 10.00. The van der Waals surface area contributed by atoms with E-state index in [9.17, 15) is 13.2 Å². The largest absolute Gasteiger partial charge is 0.323 e. The highest BCUT2D eigenvalue weighted by Gasteiger charge is 2.25. The predicted molar refractivity (Wildman–Crippen MR) is 117 cm³/mol. The molecule has 7 heteroatoms. The summed E-state index contributed by atoms with van der Waals surface area (Å²) in [6.07, 6.45) is 4.98. The highest BCUT2D eigenvalue weighted by atomic mass is 32.2. The van der Waals surface area contributed by atoms with Gasteiger partial charge >= 0.3 is 0 Å². The van der Waals surface area contributed by atoms with Crippen molar-refractivity contribution in [3.05, 3.63) is 59.7 Å². The second kappa shape index (κ2) is 9.29. The van der Waals surface area contributed by atoms with Crippen LogP contribution in [0.4, 0.5) is 5.69 Å². The fraction of sp³-hybridized carbons (Fsp3) is 0.435. The number of rotatable bonds is 5. The molecule has 2 heterocycles. The Morgan fingerprint density at radius 1 is 0.933 bits per heavy atom. The number of anilines is 1. The van der Waals surface area contributed by atoms with Crippen molar-refractivity contribution < 1.29 is 18.1 Å². The van der Waals surface area contributed by atoms with Crippen LogP contribution < -0.4 is 10.2 Å². The molecule has 1 fully saturated rings. The third-order valence-corrected chi connectivity index (χ3v) is 7.97. The molecule has 2 aromatic rings. The molecule has 2 aromatic carbocycles.